The van der Waals surface area contributed by atoms with Crippen molar-refractivity contribution in [3.05, 3.63) is 0 Å². The molecule has 6 heteroatoms. The Bertz CT molecular complexity index is 134. The lowest BCUT2D eigenvalue weighted by Gasteiger charge is -2.07. The molecule has 0 spiro atoms. The summed E-state index contributed by atoms with van der Waals surface area (Å²) >= 11 is 0. The first kappa shape index (κ1) is 17.8. The molecule has 2 N–H and O–H groups in total. The van der Waals surface area contributed by atoms with Crippen LogP contribution in [-0.4, -0.2) is 80.0 Å². The van der Waals surface area contributed by atoms with Crippen LogP contribution in [0.2, 0.25) is 0 Å². The van der Waals surface area contributed by atoms with E-state index in [0.29, 0.717) is 39.6 Å². The zero-order chi connectivity index (χ0) is 13.3. The van der Waals surface area contributed by atoms with Crippen molar-refractivity contribution in [1.29, 1.82) is 0 Å². The molecule has 110 valence electrons. The Kier molecular flexibility index (Phi) is 16.5. The smallest absolute Gasteiger partial charge is 0.0701 e. The Balaban J connectivity index is 2.86. The predicted molar refractivity (Wildman–Crippen MR) is 71.1 cm³/mol. The number of hydrogen-bond acceptors (Lipinski definition) is 6. The van der Waals surface area contributed by atoms with Crippen LogP contribution < -0.4 is 10.6 Å². The first-order chi connectivity index (χ1) is 8.91. The molecule has 0 amide bonds. The summed E-state index contributed by atoms with van der Waals surface area (Å²) in [5, 5.41) is 6.02. The molecule has 18 heavy (non-hydrogen) atoms. The summed E-state index contributed by atoms with van der Waals surface area (Å²) in [5.41, 5.74) is 0. The van der Waals surface area contributed by atoms with Crippen molar-refractivity contribution >= 4 is 0 Å². The minimum absolute atomic E-state index is 0.603. The highest BCUT2D eigenvalue weighted by atomic mass is 16.6. The van der Waals surface area contributed by atoms with Crippen molar-refractivity contribution in [2.45, 2.75) is 0 Å². The van der Waals surface area contributed by atoms with Gasteiger partial charge in [0.1, 0.15) is 0 Å². The van der Waals surface area contributed by atoms with Gasteiger partial charge in [-0.15, -0.1) is 0 Å². The number of likely N-dealkylation sites (N-methyl/N-ethyl adjacent to an activating group) is 2. The number of hydrogen-bond donors (Lipinski definition) is 2. The highest BCUT2D eigenvalue weighted by Gasteiger charge is 1.92. The molecule has 0 bridgehead atoms. The van der Waals surface area contributed by atoms with Crippen LogP contribution in [0.15, 0.2) is 0 Å². The molecule has 0 aromatic heterocycles. The summed E-state index contributed by atoms with van der Waals surface area (Å²) < 4.78 is 21.3. The summed E-state index contributed by atoms with van der Waals surface area (Å²) in [4.78, 5) is 0. The fraction of sp³-hybridized carbons (Fsp3) is 1.00. The molecule has 6 nitrogen and oxygen atoms in total. The first-order valence-corrected chi connectivity index (χ1v) is 6.52. The molecule has 0 aromatic rings. The van der Waals surface area contributed by atoms with Crippen LogP contribution in [0.5, 0.6) is 0 Å². The molecule has 0 fully saturated rings. The molecule has 0 saturated heterocycles. The lowest BCUT2D eigenvalue weighted by atomic mass is 10.6. The van der Waals surface area contributed by atoms with Gasteiger partial charge >= 0.3 is 0 Å². The predicted octanol–water partition coefficient (Wildman–Crippen LogP) is -0.508. The molecule has 0 aromatic carbocycles. The Labute approximate surface area is 110 Å². The maximum Gasteiger partial charge on any atom is 0.0701 e. The average molecular weight is 264 g/mol. The molecule has 0 aliphatic heterocycles. The number of nitrogens with one attached hydrogen (secondary N) is 2. The summed E-state index contributed by atoms with van der Waals surface area (Å²) in [6.45, 7) is 6.90. The first-order valence-electron chi connectivity index (χ1n) is 6.52. The van der Waals surface area contributed by atoms with E-state index >= 15 is 0 Å². The van der Waals surface area contributed by atoms with E-state index in [0.717, 1.165) is 26.3 Å². The average Bonchev–Trinajstić information content (AvgIpc) is 2.39. The van der Waals surface area contributed by atoms with Crippen LogP contribution in [0.3, 0.4) is 0 Å². The van der Waals surface area contributed by atoms with Gasteiger partial charge < -0.3 is 29.6 Å². The van der Waals surface area contributed by atoms with Crippen LogP contribution in [-0.2, 0) is 18.9 Å². The van der Waals surface area contributed by atoms with Crippen LogP contribution in [0.1, 0.15) is 0 Å². The molecule has 0 rings (SSSR count). The molecular weight excluding hydrogens is 236 g/mol. The maximum absolute atomic E-state index is 5.34. The van der Waals surface area contributed by atoms with E-state index < -0.39 is 0 Å². The Morgan fingerprint density at radius 1 is 0.500 bits per heavy atom. The van der Waals surface area contributed by atoms with Crippen LogP contribution >= 0.6 is 0 Å². The minimum Gasteiger partial charge on any atom is -0.378 e. The number of rotatable bonds is 15. The third-order valence-electron chi connectivity index (χ3n) is 2.11. The molecule has 0 saturated carbocycles. The molecule has 0 radical (unpaired) electrons. The van der Waals surface area contributed by atoms with E-state index in [1.54, 1.807) is 0 Å². The minimum atomic E-state index is 0.603. The van der Waals surface area contributed by atoms with Gasteiger partial charge in [0.15, 0.2) is 0 Å². The summed E-state index contributed by atoms with van der Waals surface area (Å²) in [7, 11) is 3.80. The summed E-state index contributed by atoms with van der Waals surface area (Å²) in [6.07, 6.45) is 0. The van der Waals surface area contributed by atoms with Gasteiger partial charge in [-0.2, -0.15) is 0 Å². The Hall–Kier alpha value is -0.240. The lowest BCUT2D eigenvalue weighted by molar-refractivity contribution is -0.000890. The highest BCUT2D eigenvalue weighted by molar-refractivity contribution is 4.38. The lowest BCUT2D eigenvalue weighted by Crippen LogP contribution is -2.17. The van der Waals surface area contributed by atoms with Crippen molar-refractivity contribution in [2.24, 2.45) is 0 Å². The second-order valence-electron chi connectivity index (χ2n) is 3.66. The third-order valence-corrected chi connectivity index (χ3v) is 2.11. The van der Waals surface area contributed by atoms with E-state index in [1.165, 1.54) is 0 Å². The van der Waals surface area contributed by atoms with Gasteiger partial charge in [0, 0.05) is 13.1 Å². The van der Waals surface area contributed by atoms with Gasteiger partial charge in [-0.05, 0) is 14.1 Å². The van der Waals surface area contributed by atoms with Crippen LogP contribution in [0.25, 0.3) is 0 Å². The maximum atomic E-state index is 5.34. The summed E-state index contributed by atoms with van der Waals surface area (Å²) in [5.74, 6) is 0. The molecule has 0 atom stereocenters. The second kappa shape index (κ2) is 16.8. The Morgan fingerprint density at radius 2 is 0.778 bits per heavy atom. The van der Waals surface area contributed by atoms with Crippen molar-refractivity contribution in [3.8, 4) is 0 Å². The van der Waals surface area contributed by atoms with E-state index in [9.17, 15) is 0 Å². The molecule has 0 unspecified atom stereocenters. The van der Waals surface area contributed by atoms with Crippen LogP contribution in [0, 0.1) is 0 Å². The summed E-state index contributed by atoms with van der Waals surface area (Å²) in [6, 6.07) is 0. The van der Waals surface area contributed by atoms with Crippen molar-refractivity contribution in [2.75, 3.05) is 80.0 Å². The van der Waals surface area contributed by atoms with Crippen molar-refractivity contribution < 1.29 is 18.9 Å². The molecule has 0 aliphatic rings. The molecular formula is C12H28N2O4. The third kappa shape index (κ3) is 15.8. The van der Waals surface area contributed by atoms with Gasteiger partial charge in [-0.25, -0.2) is 0 Å². The van der Waals surface area contributed by atoms with Crippen molar-refractivity contribution in [3.63, 3.8) is 0 Å². The highest BCUT2D eigenvalue weighted by Crippen LogP contribution is 1.82. The SMILES string of the molecule is CNCCOCCOCCOCCOCCNC. The fourth-order valence-corrected chi connectivity index (χ4v) is 1.11. The van der Waals surface area contributed by atoms with Gasteiger partial charge in [-0.3, -0.25) is 0 Å². The van der Waals surface area contributed by atoms with Gasteiger partial charge in [0.2, 0.25) is 0 Å². The standard InChI is InChI=1S/C12H28N2O4/c1-13-3-5-15-7-9-17-11-12-18-10-8-16-6-4-14-2/h13-14H,3-12H2,1-2H3. The van der Waals surface area contributed by atoms with Gasteiger partial charge in [0.05, 0.1) is 52.9 Å². The fourth-order valence-electron chi connectivity index (χ4n) is 1.11. The molecule has 0 aliphatic carbocycles. The number of ether oxygens (including phenoxy) is 4. The zero-order valence-electron chi connectivity index (χ0n) is 11.7. The van der Waals surface area contributed by atoms with E-state index in [-0.39, 0.29) is 0 Å². The quantitative estimate of drug-likeness (QED) is 0.389. The normalized spacial score (nSPS) is 11.0. The van der Waals surface area contributed by atoms with E-state index in [2.05, 4.69) is 10.6 Å². The van der Waals surface area contributed by atoms with E-state index in [4.69, 9.17) is 18.9 Å². The molecule has 0 heterocycles. The van der Waals surface area contributed by atoms with Gasteiger partial charge in [0.25, 0.3) is 0 Å². The zero-order valence-corrected chi connectivity index (χ0v) is 11.7. The van der Waals surface area contributed by atoms with Crippen LogP contribution in [0.4, 0.5) is 0 Å². The van der Waals surface area contributed by atoms with E-state index in [1.807, 2.05) is 14.1 Å². The topological polar surface area (TPSA) is 61.0 Å². The van der Waals surface area contributed by atoms with Crippen molar-refractivity contribution in [1.82, 2.24) is 10.6 Å². The monoisotopic (exact) mass is 264 g/mol. The van der Waals surface area contributed by atoms with Gasteiger partial charge in [-0.1, -0.05) is 0 Å². The second-order valence-corrected chi connectivity index (χ2v) is 3.66. The largest absolute Gasteiger partial charge is 0.378 e. The Morgan fingerprint density at radius 3 is 1.06 bits per heavy atom.